The van der Waals surface area contributed by atoms with E-state index in [-0.39, 0.29) is 0 Å². The van der Waals surface area contributed by atoms with E-state index in [1.165, 1.54) is 7.05 Å². The highest BCUT2D eigenvalue weighted by atomic mass is 32.2. The summed E-state index contributed by atoms with van der Waals surface area (Å²) in [5, 5.41) is 0. The molecule has 10 heavy (non-hydrogen) atoms. The van der Waals surface area contributed by atoms with E-state index in [4.69, 9.17) is 0 Å². The van der Waals surface area contributed by atoms with Gasteiger partial charge in [0.25, 0.3) is 0 Å². The van der Waals surface area contributed by atoms with Gasteiger partial charge in [0, 0.05) is 0 Å². The molecule has 0 radical (unpaired) electrons. The molecule has 5 heteroatoms. The summed E-state index contributed by atoms with van der Waals surface area (Å²) >= 11 is 0. The van der Waals surface area contributed by atoms with Crippen molar-refractivity contribution in [2.75, 3.05) is 7.05 Å². The molecule has 2 N–H and O–H groups in total. The molecule has 0 bridgehead atoms. The SMILES string of the molecule is CNNS(=O)(=O)C(C)(C)C. The van der Waals surface area contributed by atoms with E-state index in [1.807, 2.05) is 0 Å². The van der Waals surface area contributed by atoms with Gasteiger partial charge in [-0.1, -0.05) is 0 Å². The number of nitrogens with one attached hydrogen (secondary N) is 2. The maximum Gasteiger partial charge on any atom is 0.229 e. The van der Waals surface area contributed by atoms with Crippen LogP contribution in [0.15, 0.2) is 0 Å². The maximum atomic E-state index is 11.1. The van der Waals surface area contributed by atoms with Gasteiger partial charge in [-0.15, -0.1) is 0 Å². The van der Waals surface area contributed by atoms with Crippen LogP contribution in [0, 0.1) is 0 Å². The first kappa shape index (κ1) is 9.87. The summed E-state index contributed by atoms with van der Waals surface area (Å²) in [6.45, 7) is 4.89. The van der Waals surface area contributed by atoms with E-state index >= 15 is 0 Å². The summed E-state index contributed by atoms with van der Waals surface area (Å²) in [7, 11) is -1.69. The van der Waals surface area contributed by atoms with Crippen LogP contribution < -0.4 is 10.3 Å². The Labute approximate surface area is 62.0 Å². The fourth-order valence-electron chi connectivity index (χ4n) is 0.287. The maximum absolute atomic E-state index is 11.1. The van der Waals surface area contributed by atoms with Crippen molar-refractivity contribution in [3.05, 3.63) is 0 Å². The Morgan fingerprint density at radius 2 is 1.60 bits per heavy atom. The third-order valence-electron chi connectivity index (χ3n) is 1.04. The van der Waals surface area contributed by atoms with Gasteiger partial charge in [0.2, 0.25) is 10.0 Å². The third-order valence-corrected chi connectivity index (χ3v) is 3.13. The zero-order chi connectivity index (χ0) is 8.41. The van der Waals surface area contributed by atoms with Crippen LogP contribution >= 0.6 is 0 Å². The molecule has 0 fully saturated rings. The molecule has 0 heterocycles. The van der Waals surface area contributed by atoms with Gasteiger partial charge in [0.05, 0.1) is 4.75 Å². The van der Waals surface area contributed by atoms with Crippen LogP contribution in [0.5, 0.6) is 0 Å². The Morgan fingerprint density at radius 1 is 1.20 bits per heavy atom. The highest BCUT2D eigenvalue weighted by Crippen LogP contribution is 2.11. The van der Waals surface area contributed by atoms with Crippen LogP contribution in [-0.2, 0) is 10.0 Å². The van der Waals surface area contributed by atoms with Gasteiger partial charge >= 0.3 is 0 Å². The van der Waals surface area contributed by atoms with E-state index in [2.05, 4.69) is 10.3 Å². The first-order valence-corrected chi connectivity index (χ1v) is 4.47. The van der Waals surface area contributed by atoms with E-state index in [0.717, 1.165) is 0 Å². The molecule has 0 aliphatic carbocycles. The van der Waals surface area contributed by atoms with E-state index < -0.39 is 14.8 Å². The third kappa shape index (κ3) is 2.24. The smallest absolute Gasteiger partial charge is 0.229 e. The van der Waals surface area contributed by atoms with Crippen molar-refractivity contribution in [1.29, 1.82) is 0 Å². The van der Waals surface area contributed by atoms with Gasteiger partial charge in [-0.25, -0.2) is 13.8 Å². The Balaban J connectivity index is 4.44. The standard InChI is InChI=1S/C5H14N2O2S/c1-5(2,3)10(8,9)7-6-4/h6-7H,1-4H3. The van der Waals surface area contributed by atoms with Gasteiger partial charge in [0.15, 0.2) is 0 Å². The van der Waals surface area contributed by atoms with Crippen molar-refractivity contribution in [1.82, 2.24) is 10.3 Å². The summed E-state index contributed by atoms with van der Waals surface area (Å²) in [6, 6.07) is 0. The van der Waals surface area contributed by atoms with Crippen molar-refractivity contribution in [3.63, 3.8) is 0 Å². The summed E-state index contributed by atoms with van der Waals surface area (Å²) in [5.41, 5.74) is 2.38. The van der Waals surface area contributed by atoms with Gasteiger partial charge in [-0.2, -0.15) is 4.83 Å². The molecule has 62 valence electrons. The second kappa shape index (κ2) is 2.86. The first-order valence-electron chi connectivity index (χ1n) is 2.99. The fourth-order valence-corrected chi connectivity index (χ4v) is 0.862. The lowest BCUT2D eigenvalue weighted by Gasteiger charge is -2.18. The van der Waals surface area contributed by atoms with Crippen LogP contribution in [0.1, 0.15) is 20.8 Å². The van der Waals surface area contributed by atoms with E-state index in [0.29, 0.717) is 0 Å². The lowest BCUT2D eigenvalue weighted by atomic mass is 10.3. The summed E-state index contributed by atoms with van der Waals surface area (Å²) in [6.07, 6.45) is 0. The molecule has 0 amide bonds. The molecule has 0 aliphatic heterocycles. The zero-order valence-corrected chi connectivity index (χ0v) is 7.54. The average molecular weight is 166 g/mol. The summed E-state index contributed by atoms with van der Waals surface area (Å²) in [5.74, 6) is 0. The minimum Gasteiger partial charge on any atom is -0.247 e. The molecule has 0 rings (SSSR count). The van der Waals surface area contributed by atoms with Crippen LogP contribution in [0.25, 0.3) is 0 Å². The topological polar surface area (TPSA) is 58.2 Å². The Hall–Kier alpha value is -0.130. The van der Waals surface area contributed by atoms with Crippen LogP contribution in [0.3, 0.4) is 0 Å². The Morgan fingerprint density at radius 3 is 1.70 bits per heavy atom. The van der Waals surface area contributed by atoms with Gasteiger partial charge in [-0.3, -0.25) is 0 Å². The number of hydrogen-bond acceptors (Lipinski definition) is 3. The lowest BCUT2D eigenvalue weighted by Crippen LogP contribution is -2.44. The summed E-state index contributed by atoms with van der Waals surface area (Å²) in [4.78, 5) is 2.18. The molecule has 0 spiro atoms. The largest absolute Gasteiger partial charge is 0.247 e. The molecule has 0 unspecified atom stereocenters. The molecule has 0 aromatic heterocycles. The molecule has 0 aliphatic rings. The monoisotopic (exact) mass is 166 g/mol. The van der Waals surface area contributed by atoms with Crippen molar-refractivity contribution in [2.45, 2.75) is 25.5 Å². The quantitative estimate of drug-likeness (QED) is 0.560. The number of hydrazine groups is 1. The van der Waals surface area contributed by atoms with Crippen LogP contribution in [0.4, 0.5) is 0 Å². The summed E-state index contributed by atoms with van der Waals surface area (Å²) < 4.78 is 21.4. The van der Waals surface area contributed by atoms with Crippen LogP contribution in [0.2, 0.25) is 0 Å². The van der Waals surface area contributed by atoms with E-state index in [9.17, 15) is 8.42 Å². The zero-order valence-electron chi connectivity index (χ0n) is 6.72. The lowest BCUT2D eigenvalue weighted by molar-refractivity contribution is 0.534. The molecular formula is C5H14N2O2S. The van der Waals surface area contributed by atoms with Gasteiger partial charge in [0.1, 0.15) is 0 Å². The van der Waals surface area contributed by atoms with Crippen molar-refractivity contribution in [3.8, 4) is 0 Å². The van der Waals surface area contributed by atoms with Crippen molar-refractivity contribution >= 4 is 10.0 Å². The normalized spacial score (nSPS) is 13.6. The number of rotatable bonds is 2. The van der Waals surface area contributed by atoms with Gasteiger partial charge < -0.3 is 0 Å². The highest BCUT2D eigenvalue weighted by molar-refractivity contribution is 7.90. The molecule has 0 aromatic carbocycles. The van der Waals surface area contributed by atoms with Crippen molar-refractivity contribution < 1.29 is 8.42 Å². The molecule has 4 nitrogen and oxygen atoms in total. The number of hydrogen-bond donors (Lipinski definition) is 2. The van der Waals surface area contributed by atoms with Crippen molar-refractivity contribution in [2.24, 2.45) is 0 Å². The second-order valence-corrected chi connectivity index (χ2v) is 5.40. The highest BCUT2D eigenvalue weighted by Gasteiger charge is 2.27. The van der Waals surface area contributed by atoms with Crippen LogP contribution in [-0.4, -0.2) is 20.2 Å². The predicted octanol–water partition coefficient (Wildman–Crippen LogP) is -0.161. The van der Waals surface area contributed by atoms with Gasteiger partial charge in [-0.05, 0) is 27.8 Å². The molecule has 0 atom stereocenters. The fraction of sp³-hybridized carbons (Fsp3) is 1.00. The minimum absolute atomic E-state index is 0.754. The molecule has 0 aromatic rings. The molecule has 0 saturated heterocycles. The van der Waals surface area contributed by atoms with E-state index in [1.54, 1.807) is 20.8 Å². The molecule has 0 saturated carbocycles. The second-order valence-electron chi connectivity index (χ2n) is 2.97. The predicted molar refractivity (Wildman–Crippen MR) is 40.9 cm³/mol. The average Bonchev–Trinajstić information content (AvgIpc) is 1.61. The molecular weight excluding hydrogens is 152 g/mol. The minimum atomic E-state index is -3.21. The number of sulfonamides is 1. The Kier molecular flexibility index (Phi) is 2.82. The Bertz CT molecular complexity index is 190. The first-order chi connectivity index (χ1) is 4.31.